The lowest BCUT2D eigenvalue weighted by molar-refractivity contribution is -0.143. The lowest BCUT2D eigenvalue weighted by Gasteiger charge is -2.36. The molecule has 16 heteroatoms. The number of guanidine groups is 1. The van der Waals surface area contributed by atoms with E-state index in [1.165, 1.54) is 6.92 Å². The highest BCUT2D eigenvalue weighted by molar-refractivity contribution is 5.96. The van der Waals surface area contributed by atoms with Crippen LogP contribution in [0, 0.1) is 5.92 Å². The molecule has 39 heavy (non-hydrogen) atoms. The zero-order valence-corrected chi connectivity index (χ0v) is 22.5. The van der Waals surface area contributed by atoms with Gasteiger partial charge in [-0.15, -0.1) is 0 Å². The second-order valence-electron chi connectivity index (χ2n) is 10.3. The van der Waals surface area contributed by atoms with Crippen molar-refractivity contribution in [3.05, 3.63) is 0 Å². The number of nitrogens with two attached hydrogens (primary N) is 2. The number of piperazine rings is 1. The second kappa shape index (κ2) is 13.5. The van der Waals surface area contributed by atoms with Crippen molar-refractivity contribution < 1.29 is 39.3 Å². The molecule has 2 aliphatic heterocycles. The van der Waals surface area contributed by atoms with E-state index < -0.39 is 72.3 Å². The number of carbonyl (C=O) groups excluding carboxylic acids is 4. The Hall–Kier alpha value is -3.50. The van der Waals surface area contributed by atoms with Crippen LogP contribution in [0.1, 0.15) is 47.0 Å². The summed E-state index contributed by atoms with van der Waals surface area (Å²) < 4.78 is 0. The van der Waals surface area contributed by atoms with Gasteiger partial charge in [-0.1, -0.05) is 13.8 Å². The van der Waals surface area contributed by atoms with Gasteiger partial charge in [0.1, 0.15) is 18.1 Å². The van der Waals surface area contributed by atoms with Crippen molar-refractivity contribution in [2.75, 3.05) is 6.54 Å². The minimum absolute atomic E-state index is 0.00211. The second-order valence-corrected chi connectivity index (χ2v) is 10.3. The molecule has 2 aliphatic rings. The van der Waals surface area contributed by atoms with E-state index in [2.05, 4.69) is 26.3 Å². The first-order valence-electron chi connectivity index (χ1n) is 12.8. The minimum atomic E-state index is -1.24. The summed E-state index contributed by atoms with van der Waals surface area (Å²) in [5.74, 6) is -3.30. The maximum Gasteiger partial charge on any atom is 0.326 e. The molecule has 0 aliphatic carbocycles. The average molecular weight is 557 g/mol. The predicted molar refractivity (Wildman–Crippen MR) is 138 cm³/mol. The molecule has 220 valence electrons. The van der Waals surface area contributed by atoms with Gasteiger partial charge >= 0.3 is 12.0 Å². The first-order valence-corrected chi connectivity index (χ1v) is 12.8. The molecule has 0 aromatic heterocycles. The van der Waals surface area contributed by atoms with Crippen LogP contribution in [0.15, 0.2) is 4.99 Å². The van der Waals surface area contributed by atoms with E-state index in [1.54, 1.807) is 20.8 Å². The highest BCUT2D eigenvalue weighted by atomic mass is 16.4. The number of nitrogens with one attached hydrogen (secondary N) is 4. The maximum atomic E-state index is 13.1. The molecule has 1 fully saturated rings. The molecular weight excluding hydrogens is 516 g/mol. The standard InChI is InChI=1S/C23H40N8O8/c1-9(2)16(21(37)38)30-19(35)11(4)27-20(36)17-13(29-18(34)10(3)26-17)5-6-14(32)15(33)7-12-8-31(23(25)39)22(24)28-12/h9-17,26,32-33H,5-8H2,1-4H3,(H2,24,28)(H2,25,39)(H,27,36)(H,29,34)(H,30,35)(H,37,38)/t10-,11-,12+,13-,14-,15-,16-,17-/m0/s1. The van der Waals surface area contributed by atoms with Crippen molar-refractivity contribution in [2.24, 2.45) is 22.4 Å². The van der Waals surface area contributed by atoms with Crippen LogP contribution in [-0.2, 0) is 19.2 Å². The molecule has 8 atom stereocenters. The van der Waals surface area contributed by atoms with Gasteiger partial charge in [0.05, 0.1) is 36.9 Å². The van der Waals surface area contributed by atoms with Gasteiger partial charge in [-0.2, -0.15) is 0 Å². The number of carbonyl (C=O) groups is 5. The summed E-state index contributed by atoms with van der Waals surface area (Å²) in [4.78, 5) is 65.7. The molecule has 0 aromatic carbocycles. The van der Waals surface area contributed by atoms with E-state index in [9.17, 15) is 39.3 Å². The number of aliphatic hydroxyl groups is 2. The van der Waals surface area contributed by atoms with Gasteiger partial charge in [-0.3, -0.25) is 24.6 Å². The third-order valence-electron chi connectivity index (χ3n) is 6.80. The molecule has 0 radical (unpaired) electrons. The first kappa shape index (κ1) is 31.7. The summed E-state index contributed by atoms with van der Waals surface area (Å²) in [6.45, 7) is 6.32. The maximum absolute atomic E-state index is 13.1. The lowest BCUT2D eigenvalue weighted by Crippen LogP contribution is -2.68. The number of nitrogens with zero attached hydrogens (tertiary/aromatic N) is 2. The Kier molecular flexibility index (Phi) is 11.0. The topological polar surface area (TPSA) is 262 Å². The zero-order chi connectivity index (χ0) is 29.6. The summed E-state index contributed by atoms with van der Waals surface area (Å²) in [6, 6.07) is -5.99. The fourth-order valence-corrected chi connectivity index (χ4v) is 4.42. The van der Waals surface area contributed by atoms with Crippen LogP contribution in [0.4, 0.5) is 4.79 Å². The Morgan fingerprint density at radius 3 is 2.33 bits per heavy atom. The number of carboxylic acid groups (broad SMARTS) is 1. The van der Waals surface area contributed by atoms with E-state index in [-0.39, 0.29) is 43.6 Å². The van der Waals surface area contributed by atoms with Crippen LogP contribution in [0.5, 0.6) is 0 Å². The smallest absolute Gasteiger partial charge is 0.326 e. The van der Waals surface area contributed by atoms with Crippen LogP contribution >= 0.6 is 0 Å². The Balaban J connectivity index is 1.97. The number of aliphatic imine (C=N–C) groups is 1. The van der Waals surface area contributed by atoms with Crippen molar-refractivity contribution in [1.82, 2.24) is 26.2 Å². The van der Waals surface area contributed by atoms with E-state index >= 15 is 0 Å². The molecule has 2 rings (SSSR count). The van der Waals surface area contributed by atoms with E-state index in [0.29, 0.717) is 0 Å². The highest BCUT2D eigenvalue weighted by Gasteiger charge is 2.39. The lowest BCUT2D eigenvalue weighted by atomic mass is 9.93. The summed E-state index contributed by atoms with van der Waals surface area (Å²) in [5.41, 5.74) is 10.9. The number of hydrogen-bond acceptors (Lipinski definition) is 10. The number of carboxylic acids is 1. The van der Waals surface area contributed by atoms with E-state index in [0.717, 1.165) is 4.90 Å². The van der Waals surface area contributed by atoms with Gasteiger partial charge in [0.2, 0.25) is 17.7 Å². The molecule has 2 heterocycles. The zero-order valence-electron chi connectivity index (χ0n) is 22.5. The van der Waals surface area contributed by atoms with Crippen molar-refractivity contribution >= 4 is 35.7 Å². The number of primary amides is 1. The fraction of sp³-hybridized carbons (Fsp3) is 0.739. The third-order valence-corrected chi connectivity index (χ3v) is 6.80. The van der Waals surface area contributed by atoms with Crippen LogP contribution < -0.4 is 32.7 Å². The van der Waals surface area contributed by atoms with Gasteiger partial charge < -0.3 is 42.7 Å². The molecule has 0 unspecified atom stereocenters. The van der Waals surface area contributed by atoms with Gasteiger partial charge in [-0.05, 0) is 32.6 Å². The third kappa shape index (κ3) is 8.49. The van der Waals surface area contributed by atoms with E-state index in [4.69, 9.17) is 11.5 Å². The monoisotopic (exact) mass is 556 g/mol. The van der Waals surface area contributed by atoms with Crippen LogP contribution in [-0.4, -0.2) is 111 Å². The molecular formula is C23H40N8O8. The number of amides is 5. The Morgan fingerprint density at radius 2 is 1.79 bits per heavy atom. The minimum Gasteiger partial charge on any atom is -0.480 e. The van der Waals surface area contributed by atoms with Crippen LogP contribution in [0.25, 0.3) is 0 Å². The first-order chi connectivity index (χ1) is 18.1. The molecule has 16 nitrogen and oxygen atoms in total. The Labute approximate surface area is 225 Å². The van der Waals surface area contributed by atoms with E-state index in [1.807, 2.05) is 0 Å². The Bertz CT molecular complexity index is 976. The largest absolute Gasteiger partial charge is 0.480 e. The number of aliphatic hydroxyl groups excluding tert-OH is 2. The van der Waals surface area contributed by atoms with Crippen molar-refractivity contribution in [3.63, 3.8) is 0 Å². The highest BCUT2D eigenvalue weighted by Crippen LogP contribution is 2.18. The number of rotatable bonds is 12. The molecule has 0 bridgehead atoms. The molecule has 5 amide bonds. The van der Waals surface area contributed by atoms with Crippen LogP contribution in [0.2, 0.25) is 0 Å². The molecule has 11 N–H and O–H groups in total. The van der Waals surface area contributed by atoms with Gasteiger partial charge in [0.15, 0.2) is 5.96 Å². The molecule has 1 saturated heterocycles. The summed E-state index contributed by atoms with van der Waals surface area (Å²) in [5, 5.41) is 40.8. The summed E-state index contributed by atoms with van der Waals surface area (Å²) in [6.07, 6.45) is -2.37. The SMILES string of the molecule is CC(C)[C@H](NC(=O)[C@H](C)NC(=O)[C@H]1N[C@@H](C)C(=O)N[C@H]1CC[C@H](O)[C@@H](O)C[C@@H]1CN(C(N)=O)C(N)=N1)C(=O)O. The predicted octanol–water partition coefficient (Wildman–Crippen LogP) is -3.47. The molecule has 0 aromatic rings. The number of urea groups is 1. The fourth-order valence-electron chi connectivity index (χ4n) is 4.42. The summed E-state index contributed by atoms with van der Waals surface area (Å²) >= 11 is 0. The summed E-state index contributed by atoms with van der Waals surface area (Å²) in [7, 11) is 0. The van der Waals surface area contributed by atoms with Crippen LogP contribution in [0.3, 0.4) is 0 Å². The van der Waals surface area contributed by atoms with Crippen molar-refractivity contribution in [1.29, 1.82) is 0 Å². The van der Waals surface area contributed by atoms with Gasteiger partial charge in [0.25, 0.3) is 0 Å². The quantitative estimate of drug-likeness (QED) is 0.115. The molecule has 0 saturated carbocycles. The Morgan fingerprint density at radius 1 is 1.15 bits per heavy atom. The van der Waals surface area contributed by atoms with Gasteiger partial charge in [-0.25, -0.2) is 14.6 Å². The molecule has 0 spiro atoms. The van der Waals surface area contributed by atoms with Crippen molar-refractivity contribution in [2.45, 2.75) is 95.4 Å². The van der Waals surface area contributed by atoms with Crippen molar-refractivity contribution in [3.8, 4) is 0 Å². The number of hydrogen-bond donors (Lipinski definition) is 9. The van der Waals surface area contributed by atoms with Gasteiger partial charge in [0, 0.05) is 6.42 Å². The average Bonchev–Trinajstić information content (AvgIpc) is 3.21. The normalized spacial score (nSPS) is 26.2. The number of aliphatic carboxylic acids is 1.